The lowest BCUT2D eigenvalue weighted by molar-refractivity contribution is -0.163. The Labute approximate surface area is 128 Å². The van der Waals surface area contributed by atoms with Crippen LogP contribution in [0, 0.1) is 0 Å². The number of methoxy groups -OCH3 is 1. The quantitative estimate of drug-likeness (QED) is 0.609. The molecule has 1 aromatic carbocycles. The normalized spacial score (nSPS) is 17.5. The molecule has 0 aliphatic carbocycles. The smallest absolute Gasteiger partial charge is 0.351 e. The first-order chi connectivity index (χ1) is 10.6. The predicted molar refractivity (Wildman–Crippen MR) is 76.8 cm³/mol. The molecule has 2 atom stereocenters. The van der Waals surface area contributed by atoms with Gasteiger partial charge in [0.05, 0.1) is 6.61 Å². The summed E-state index contributed by atoms with van der Waals surface area (Å²) >= 11 is 0. The maximum absolute atomic E-state index is 12.0. The van der Waals surface area contributed by atoms with Crippen molar-refractivity contribution in [1.82, 2.24) is 5.32 Å². The lowest BCUT2D eigenvalue weighted by atomic mass is 10.2. The zero-order chi connectivity index (χ0) is 15.9. The predicted octanol–water partition coefficient (Wildman–Crippen LogP) is 0.521. The van der Waals surface area contributed by atoms with E-state index in [-0.39, 0.29) is 12.5 Å². The van der Waals surface area contributed by atoms with Gasteiger partial charge in [0.1, 0.15) is 6.61 Å². The summed E-state index contributed by atoms with van der Waals surface area (Å²) in [4.78, 5) is 23.7. The molecule has 120 valence electrons. The first-order valence-electron chi connectivity index (χ1n) is 6.97. The summed E-state index contributed by atoms with van der Waals surface area (Å²) in [6.07, 6.45) is -1.80. The van der Waals surface area contributed by atoms with Crippen LogP contribution in [0.5, 0.6) is 11.5 Å². The zero-order valence-electron chi connectivity index (χ0n) is 12.5. The van der Waals surface area contributed by atoms with E-state index in [1.54, 1.807) is 18.2 Å². The van der Waals surface area contributed by atoms with E-state index < -0.39 is 18.2 Å². The van der Waals surface area contributed by atoms with E-state index in [1.165, 1.54) is 14.0 Å². The van der Waals surface area contributed by atoms with Crippen LogP contribution in [0.2, 0.25) is 0 Å². The number of para-hydroxylation sites is 2. The Morgan fingerprint density at radius 1 is 1.36 bits per heavy atom. The molecule has 1 aliphatic heterocycles. The van der Waals surface area contributed by atoms with Gasteiger partial charge < -0.3 is 24.3 Å². The second-order valence-electron chi connectivity index (χ2n) is 4.73. The Balaban J connectivity index is 1.84. The van der Waals surface area contributed by atoms with Gasteiger partial charge in [0, 0.05) is 13.7 Å². The number of fused-ring (bicyclic) bond motifs is 1. The van der Waals surface area contributed by atoms with E-state index in [0.29, 0.717) is 24.7 Å². The molecule has 7 nitrogen and oxygen atoms in total. The molecule has 0 saturated heterocycles. The monoisotopic (exact) mass is 309 g/mol. The highest BCUT2D eigenvalue weighted by molar-refractivity contribution is 5.84. The first kappa shape index (κ1) is 16.1. The van der Waals surface area contributed by atoms with Gasteiger partial charge in [0.15, 0.2) is 17.6 Å². The van der Waals surface area contributed by atoms with E-state index in [2.05, 4.69) is 5.32 Å². The second-order valence-corrected chi connectivity index (χ2v) is 4.73. The third-order valence-corrected chi connectivity index (χ3v) is 3.04. The van der Waals surface area contributed by atoms with Crippen LogP contribution in [-0.4, -0.2) is 51.0 Å². The van der Waals surface area contributed by atoms with Crippen molar-refractivity contribution in [3.63, 3.8) is 0 Å². The number of amides is 1. The minimum atomic E-state index is -0.912. The Hall–Kier alpha value is -2.28. The summed E-state index contributed by atoms with van der Waals surface area (Å²) in [5.41, 5.74) is 0. The lowest BCUT2D eigenvalue weighted by Crippen LogP contribution is -2.43. The zero-order valence-corrected chi connectivity index (χ0v) is 12.5. The maximum Gasteiger partial charge on any atom is 0.351 e. The van der Waals surface area contributed by atoms with Gasteiger partial charge in [-0.2, -0.15) is 0 Å². The van der Waals surface area contributed by atoms with Crippen molar-refractivity contribution >= 4 is 11.9 Å². The number of esters is 1. The number of ether oxygens (including phenoxy) is 4. The molecule has 1 N–H and O–H groups in total. The largest absolute Gasteiger partial charge is 0.485 e. The van der Waals surface area contributed by atoms with Crippen LogP contribution < -0.4 is 14.8 Å². The average molecular weight is 309 g/mol. The summed E-state index contributed by atoms with van der Waals surface area (Å²) in [7, 11) is 1.54. The van der Waals surface area contributed by atoms with Gasteiger partial charge in [-0.15, -0.1) is 0 Å². The molecule has 0 spiro atoms. The van der Waals surface area contributed by atoms with Gasteiger partial charge in [-0.05, 0) is 19.1 Å². The molecular weight excluding hydrogens is 290 g/mol. The maximum atomic E-state index is 12.0. The van der Waals surface area contributed by atoms with Crippen molar-refractivity contribution in [1.29, 1.82) is 0 Å². The van der Waals surface area contributed by atoms with Gasteiger partial charge in [-0.25, -0.2) is 4.79 Å². The number of benzene rings is 1. The topological polar surface area (TPSA) is 83.1 Å². The molecule has 0 radical (unpaired) electrons. The Morgan fingerprint density at radius 3 is 2.82 bits per heavy atom. The van der Waals surface area contributed by atoms with Crippen molar-refractivity contribution in [3.05, 3.63) is 24.3 Å². The van der Waals surface area contributed by atoms with Crippen molar-refractivity contribution < 1.29 is 28.5 Å². The highest BCUT2D eigenvalue weighted by atomic mass is 16.6. The molecule has 0 unspecified atom stereocenters. The van der Waals surface area contributed by atoms with Crippen LogP contribution in [-0.2, 0) is 19.1 Å². The third kappa shape index (κ3) is 4.11. The molecule has 1 amide bonds. The second kappa shape index (κ2) is 7.65. The van der Waals surface area contributed by atoms with Crippen LogP contribution >= 0.6 is 0 Å². The summed E-state index contributed by atoms with van der Waals surface area (Å²) in [5, 5.41) is 2.59. The minimum absolute atomic E-state index is 0.0495. The van der Waals surface area contributed by atoms with Crippen molar-refractivity contribution in [2.45, 2.75) is 19.1 Å². The van der Waals surface area contributed by atoms with Gasteiger partial charge >= 0.3 is 5.97 Å². The third-order valence-electron chi connectivity index (χ3n) is 3.04. The highest BCUT2D eigenvalue weighted by Gasteiger charge is 2.31. The molecule has 22 heavy (non-hydrogen) atoms. The molecule has 0 saturated carbocycles. The Kier molecular flexibility index (Phi) is 5.60. The number of nitrogens with one attached hydrogen (secondary N) is 1. The SMILES string of the molecule is COCCNC(=O)[C@@H](C)OC(=O)[C@H]1COc2ccccc2O1. The number of carbonyl (C=O) groups is 2. The standard InChI is InChI=1S/C15H19NO6/c1-10(14(17)16-7-8-19-2)21-15(18)13-9-20-11-5-3-4-6-12(11)22-13/h3-6,10,13H,7-9H2,1-2H3,(H,16,17)/t10-,13-/m1/s1. The minimum Gasteiger partial charge on any atom is -0.485 e. The molecule has 7 heteroatoms. The van der Waals surface area contributed by atoms with Crippen LogP contribution in [0.25, 0.3) is 0 Å². The number of rotatable bonds is 6. The number of carbonyl (C=O) groups excluding carboxylic acids is 2. The van der Waals surface area contributed by atoms with E-state index in [9.17, 15) is 9.59 Å². The summed E-state index contributed by atoms with van der Waals surface area (Å²) in [6, 6.07) is 7.05. The van der Waals surface area contributed by atoms with Gasteiger partial charge in [0.25, 0.3) is 5.91 Å². The fraction of sp³-hybridized carbons (Fsp3) is 0.467. The van der Waals surface area contributed by atoms with Crippen LogP contribution in [0.4, 0.5) is 0 Å². The van der Waals surface area contributed by atoms with E-state index in [1.807, 2.05) is 6.07 Å². The van der Waals surface area contributed by atoms with Gasteiger partial charge in [-0.3, -0.25) is 4.79 Å². The van der Waals surface area contributed by atoms with Crippen molar-refractivity contribution in [2.24, 2.45) is 0 Å². The Bertz CT molecular complexity index is 533. The lowest BCUT2D eigenvalue weighted by Gasteiger charge is -2.25. The molecule has 1 heterocycles. The molecule has 1 aromatic rings. The van der Waals surface area contributed by atoms with Gasteiger partial charge in [-0.1, -0.05) is 12.1 Å². The van der Waals surface area contributed by atoms with Crippen molar-refractivity contribution in [3.8, 4) is 11.5 Å². The van der Waals surface area contributed by atoms with E-state index in [4.69, 9.17) is 18.9 Å². The van der Waals surface area contributed by atoms with Crippen LogP contribution in [0.15, 0.2) is 24.3 Å². The van der Waals surface area contributed by atoms with Crippen LogP contribution in [0.3, 0.4) is 0 Å². The first-order valence-corrected chi connectivity index (χ1v) is 6.97. The summed E-state index contributed by atoms with van der Waals surface area (Å²) in [5.74, 6) is 0.0382. The molecular formula is C15H19NO6. The van der Waals surface area contributed by atoms with E-state index >= 15 is 0 Å². The molecule has 0 fully saturated rings. The summed E-state index contributed by atoms with van der Waals surface area (Å²) in [6.45, 7) is 2.29. The number of hydrogen-bond donors (Lipinski definition) is 1. The molecule has 2 rings (SSSR count). The van der Waals surface area contributed by atoms with E-state index in [0.717, 1.165) is 0 Å². The summed E-state index contributed by atoms with van der Waals surface area (Å²) < 4.78 is 20.9. The van der Waals surface area contributed by atoms with Crippen molar-refractivity contribution in [2.75, 3.05) is 26.9 Å². The molecule has 1 aliphatic rings. The van der Waals surface area contributed by atoms with Crippen LogP contribution in [0.1, 0.15) is 6.92 Å². The number of hydrogen-bond acceptors (Lipinski definition) is 6. The fourth-order valence-corrected chi connectivity index (χ4v) is 1.86. The molecule has 0 bridgehead atoms. The molecule has 0 aromatic heterocycles. The Morgan fingerprint density at radius 2 is 2.09 bits per heavy atom. The average Bonchev–Trinajstić information content (AvgIpc) is 2.54. The van der Waals surface area contributed by atoms with Gasteiger partial charge in [0.2, 0.25) is 6.10 Å². The fourth-order valence-electron chi connectivity index (χ4n) is 1.86. The highest BCUT2D eigenvalue weighted by Crippen LogP contribution is 2.31.